The molecular weight excluding hydrogens is 376 g/mol. The first-order valence-corrected chi connectivity index (χ1v) is 10.8. The summed E-state index contributed by atoms with van der Waals surface area (Å²) in [4.78, 5) is 30.5. The van der Waals surface area contributed by atoms with E-state index in [4.69, 9.17) is 4.74 Å². The Morgan fingerprint density at radius 2 is 1.60 bits per heavy atom. The second-order valence-corrected chi connectivity index (χ2v) is 7.88. The molecule has 2 aromatic rings. The number of hydrogen-bond donors (Lipinski definition) is 0. The van der Waals surface area contributed by atoms with Crippen LogP contribution < -0.4 is 9.64 Å². The zero-order chi connectivity index (χ0) is 21.1. The number of imide groups is 1. The molecule has 2 heterocycles. The molecule has 0 aromatic heterocycles. The number of rotatable bonds is 6. The number of anilines is 1. The Labute approximate surface area is 177 Å². The number of ether oxygens (including phenoxy) is 1. The van der Waals surface area contributed by atoms with Gasteiger partial charge in [0, 0.05) is 13.1 Å². The van der Waals surface area contributed by atoms with Crippen LogP contribution in [0.5, 0.6) is 5.75 Å². The summed E-state index contributed by atoms with van der Waals surface area (Å²) in [5.41, 5.74) is 3.34. The van der Waals surface area contributed by atoms with Crippen LogP contribution in [0.15, 0.2) is 54.2 Å². The van der Waals surface area contributed by atoms with Gasteiger partial charge in [0.1, 0.15) is 11.4 Å². The molecule has 30 heavy (non-hydrogen) atoms. The van der Waals surface area contributed by atoms with E-state index >= 15 is 0 Å². The molecule has 5 heteroatoms. The minimum absolute atomic E-state index is 0.225. The third-order valence-corrected chi connectivity index (χ3v) is 5.70. The Hall–Kier alpha value is -3.08. The summed E-state index contributed by atoms with van der Waals surface area (Å²) in [6.45, 7) is 6.25. The summed E-state index contributed by atoms with van der Waals surface area (Å²) < 4.78 is 5.68. The molecule has 0 unspecified atom stereocenters. The third-order valence-electron chi connectivity index (χ3n) is 5.70. The van der Waals surface area contributed by atoms with Crippen molar-refractivity contribution in [3.63, 3.8) is 0 Å². The first-order chi connectivity index (χ1) is 14.6. The Bertz CT molecular complexity index is 972. The molecule has 0 atom stereocenters. The SMILES string of the molecule is CCCOc1ccc(C2=C(N3CCCCC3)C(=O)N(c3ccccc3C)C2=O)cc1. The van der Waals surface area contributed by atoms with Crippen LogP contribution in [0.1, 0.15) is 43.7 Å². The van der Waals surface area contributed by atoms with Crippen molar-refractivity contribution < 1.29 is 14.3 Å². The van der Waals surface area contributed by atoms with Crippen LogP contribution in [-0.2, 0) is 9.59 Å². The summed E-state index contributed by atoms with van der Waals surface area (Å²) in [5, 5.41) is 0. The molecule has 5 nitrogen and oxygen atoms in total. The monoisotopic (exact) mass is 404 g/mol. The molecule has 0 bridgehead atoms. The Morgan fingerprint density at radius 1 is 0.900 bits per heavy atom. The fourth-order valence-corrected chi connectivity index (χ4v) is 4.16. The van der Waals surface area contributed by atoms with E-state index in [1.165, 1.54) is 4.90 Å². The van der Waals surface area contributed by atoms with Crippen LogP contribution in [0.2, 0.25) is 0 Å². The van der Waals surface area contributed by atoms with E-state index in [0.29, 0.717) is 23.6 Å². The van der Waals surface area contributed by atoms with Gasteiger partial charge in [-0.2, -0.15) is 0 Å². The third kappa shape index (κ3) is 3.72. The van der Waals surface area contributed by atoms with Crippen molar-refractivity contribution in [1.29, 1.82) is 0 Å². The molecule has 0 spiro atoms. The van der Waals surface area contributed by atoms with Crippen LogP contribution in [0.3, 0.4) is 0 Å². The predicted octanol–water partition coefficient (Wildman–Crippen LogP) is 4.55. The van der Waals surface area contributed by atoms with E-state index in [9.17, 15) is 9.59 Å². The standard InChI is InChI=1S/C25H28N2O3/c1-3-17-30-20-13-11-19(12-14-20)22-23(26-15-7-4-8-16-26)25(29)27(24(22)28)21-10-6-5-9-18(21)2/h5-6,9-14H,3-4,7-8,15-17H2,1-2H3. The zero-order valence-corrected chi connectivity index (χ0v) is 17.7. The molecule has 0 saturated carbocycles. The van der Waals surface area contributed by atoms with E-state index in [2.05, 4.69) is 11.8 Å². The molecule has 2 aliphatic heterocycles. The van der Waals surface area contributed by atoms with Crippen molar-refractivity contribution in [3.05, 3.63) is 65.4 Å². The predicted molar refractivity (Wildman–Crippen MR) is 118 cm³/mol. The molecule has 1 saturated heterocycles. The summed E-state index contributed by atoms with van der Waals surface area (Å²) in [5.74, 6) is 0.294. The lowest BCUT2D eigenvalue weighted by Gasteiger charge is -2.29. The number of nitrogens with zero attached hydrogens (tertiary/aromatic N) is 2. The number of likely N-dealkylation sites (tertiary alicyclic amines) is 1. The Balaban J connectivity index is 1.76. The number of para-hydroxylation sites is 1. The molecule has 1 fully saturated rings. The summed E-state index contributed by atoms with van der Waals surface area (Å²) in [6.07, 6.45) is 4.16. The second kappa shape index (κ2) is 8.74. The van der Waals surface area contributed by atoms with E-state index in [1.54, 1.807) is 0 Å². The normalized spacial score (nSPS) is 17.1. The first kappa shape index (κ1) is 20.2. The highest BCUT2D eigenvalue weighted by Crippen LogP contribution is 2.37. The van der Waals surface area contributed by atoms with Crippen molar-refractivity contribution >= 4 is 23.1 Å². The van der Waals surface area contributed by atoms with Crippen molar-refractivity contribution in [1.82, 2.24) is 4.90 Å². The average Bonchev–Trinajstić information content (AvgIpc) is 3.04. The van der Waals surface area contributed by atoms with Gasteiger partial charge in [0.25, 0.3) is 11.8 Å². The molecule has 2 aliphatic rings. The number of carbonyl (C=O) groups is 2. The van der Waals surface area contributed by atoms with Gasteiger partial charge in [-0.3, -0.25) is 9.59 Å². The fraction of sp³-hybridized carbons (Fsp3) is 0.360. The number of aryl methyl sites for hydroxylation is 1. The lowest BCUT2D eigenvalue weighted by molar-refractivity contribution is -0.120. The van der Waals surface area contributed by atoms with Gasteiger partial charge in [-0.1, -0.05) is 37.3 Å². The molecular formula is C25H28N2O3. The number of hydrogen-bond acceptors (Lipinski definition) is 4. The Morgan fingerprint density at radius 3 is 2.27 bits per heavy atom. The lowest BCUT2D eigenvalue weighted by atomic mass is 10.0. The van der Waals surface area contributed by atoms with Gasteiger partial charge in [0.2, 0.25) is 0 Å². The Kier molecular flexibility index (Phi) is 5.88. The van der Waals surface area contributed by atoms with Gasteiger partial charge in [0.15, 0.2) is 0 Å². The van der Waals surface area contributed by atoms with E-state index in [-0.39, 0.29) is 11.8 Å². The van der Waals surface area contributed by atoms with Gasteiger partial charge in [-0.05, 0) is 61.9 Å². The maximum absolute atomic E-state index is 13.6. The van der Waals surface area contributed by atoms with Crippen molar-refractivity contribution in [3.8, 4) is 5.75 Å². The van der Waals surface area contributed by atoms with Crippen molar-refractivity contribution in [2.75, 3.05) is 24.6 Å². The van der Waals surface area contributed by atoms with Crippen LogP contribution in [0, 0.1) is 6.92 Å². The molecule has 0 radical (unpaired) electrons. The summed E-state index contributed by atoms with van der Waals surface area (Å²) in [6, 6.07) is 15.1. The second-order valence-electron chi connectivity index (χ2n) is 7.88. The minimum Gasteiger partial charge on any atom is -0.494 e. The largest absolute Gasteiger partial charge is 0.494 e. The molecule has 2 aromatic carbocycles. The molecule has 4 rings (SSSR count). The highest BCUT2D eigenvalue weighted by Gasteiger charge is 2.43. The summed E-state index contributed by atoms with van der Waals surface area (Å²) in [7, 11) is 0. The van der Waals surface area contributed by atoms with Crippen LogP contribution in [0.25, 0.3) is 5.57 Å². The van der Waals surface area contributed by atoms with Crippen molar-refractivity contribution in [2.24, 2.45) is 0 Å². The maximum Gasteiger partial charge on any atom is 0.282 e. The van der Waals surface area contributed by atoms with E-state index in [0.717, 1.165) is 55.6 Å². The van der Waals surface area contributed by atoms with Crippen molar-refractivity contribution in [2.45, 2.75) is 39.5 Å². The van der Waals surface area contributed by atoms with Gasteiger partial charge in [-0.25, -0.2) is 4.90 Å². The average molecular weight is 405 g/mol. The highest BCUT2D eigenvalue weighted by molar-refractivity contribution is 6.45. The van der Waals surface area contributed by atoms with E-state index in [1.807, 2.05) is 55.5 Å². The van der Waals surface area contributed by atoms with E-state index < -0.39 is 0 Å². The molecule has 0 aliphatic carbocycles. The number of carbonyl (C=O) groups excluding carboxylic acids is 2. The maximum atomic E-state index is 13.6. The number of amides is 2. The summed E-state index contributed by atoms with van der Waals surface area (Å²) >= 11 is 0. The van der Waals surface area contributed by atoms with Crippen LogP contribution in [-0.4, -0.2) is 36.4 Å². The minimum atomic E-state index is -0.253. The van der Waals surface area contributed by atoms with Gasteiger partial charge in [0.05, 0.1) is 17.9 Å². The molecule has 2 amide bonds. The lowest BCUT2D eigenvalue weighted by Crippen LogP contribution is -2.37. The number of benzene rings is 2. The van der Waals surface area contributed by atoms with Crippen LogP contribution in [0.4, 0.5) is 5.69 Å². The molecule has 156 valence electrons. The first-order valence-electron chi connectivity index (χ1n) is 10.8. The van der Waals surface area contributed by atoms with Crippen LogP contribution >= 0.6 is 0 Å². The highest BCUT2D eigenvalue weighted by atomic mass is 16.5. The zero-order valence-electron chi connectivity index (χ0n) is 17.7. The quantitative estimate of drug-likeness (QED) is 0.663. The van der Waals surface area contributed by atoms with Gasteiger partial charge >= 0.3 is 0 Å². The molecule has 0 N–H and O–H groups in total. The number of piperidine rings is 1. The fourth-order valence-electron chi connectivity index (χ4n) is 4.16. The smallest absolute Gasteiger partial charge is 0.282 e. The van der Waals surface area contributed by atoms with Gasteiger partial charge in [-0.15, -0.1) is 0 Å². The van der Waals surface area contributed by atoms with Gasteiger partial charge < -0.3 is 9.64 Å². The topological polar surface area (TPSA) is 49.9 Å².